The van der Waals surface area contributed by atoms with Gasteiger partial charge in [-0.05, 0) is 54.0 Å². The van der Waals surface area contributed by atoms with E-state index in [1.54, 1.807) is 17.3 Å². The van der Waals surface area contributed by atoms with Crippen LogP contribution < -0.4 is 11.0 Å². The number of aryl methyl sites for hydroxylation is 2. The largest absolute Gasteiger partial charge is 0.383 e. The van der Waals surface area contributed by atoms with E-state index < -0.39 is 11.7 Å². The van der Waals surface area contributed by atoms with E-state index in [2.05, 4.69) is 31.1 Å². The van der Waals surface area contributed by atoms with Crippen molar-refractivity contribution in [2.75, 3.05) is 5.73 Å². The first kappa shape index (κ1) is 22.7. The Kier molecular flexibility index (Phi) is 6.61. The van der Waals surface area contributed by atoms with E-state index in [1.165, 1.54) is 12.1 Å². The Labute approximate surface area is 194 Å². The van der Waals surface area contributed by atoms with Crippen molar-refractivity contribution in [3.8, 4) is 0 Å². The maximum Gasteiger partial charge on any atom is 0.257 e. The van der Waals surface area contributed by atoms with Gasteiger partial charge in [-0.2, -0.15) is 0 Å². The number of benzene rings is 1. The summed E-state index contributed by atoms with van der Waals surface area (Å²) < 4.78 is 15.1. The summed E-state index contributed by atoms with van der Waals surface area (Å²) in [6, 6.07) is 12.2. The van der Waals surface area contributed by atoms with Gasteiger partial charge in [0.15, 0.2) is 0 Å². The van der Waals surface area contributed by atoms with Crippen LogP contribution in [0.25, 0.3) is 10.9 Å². The highest BCUT2D eigenvalue weighted by Crippen LogP contribution is 2.23. The number of nitrogens with zero attached hydrogens (tertiary/aromatic N) is 4. The number of anilines is 1. The highest BCUT2D eigenvalue weighted by Gasteiger charge is 2.23. The molecule has 0 aliphatic rings. The third kappa shape index (κ3) is 4.99. The van der Waals surface area contributed by atoms with Gasteiger partial charge >= 0.3 is 0 Å². The molecular formula is C25H25FN5OP. The fourth-order valence-electron chi connectivity index (χ4n) is 3.57. The van der Waals surface area contributed by atoms with Crippen LogP contribution in [0.2, 0.25) is 0 Å². The average molecular weight is 461 g/mol. The van der Waals surface area contributed by atoms with Gasteiger partial charge in [0.2, 0.25) is 0 Å². The summed E-state index contributed by atoms with van der Waals surface area (Å²) in [5.41, 5.74) is 9.55. The lowest BCUT2D eigenvalue weighted by molar-refractivity contribution is 0.0721. The minimum Gasteiger partial charge on any atom is -0.383 e. The van der Waals surface area contributed by atoms with Crippen molar-refractivity contribution in [1.82, 2.24) is 19.9 Å². The van der Waals surface area contributed by atoms with Gasteiger partial charge in [0.05, 0.1) is 35.6 Å². The molecule has 1 atom stereocenters. The first-order valence-electron chi connectivity index (χ1n) is 10.6. The number of halogens is 1. The Bertz CT molecular complexity index is 1330. The molecule has 0 radical (unpaired) electrons. The van der Waals surface area contributed by atoms with Crippen LogP contribution in [0.15, 0.2) is 54.9 Å². The Balaban J connectivity index is 1.73. The van der Waals surface area contributed by atoms with Gasteiger partial charge in [-0.1, -0.05) is 19.1 Å². The SMILES string of the molecule is CCc1ccc(CN(Cc2ncccc2P)C(=O)c2cc3cc(C)c(N)nc3cc2F)nc1. The molecule has 0 aliphatic heterocycles. The molecule has 2 N–H and O–H groups in total. The van der Waals surface area contributed by atoms with Gasteiger partial charge in [-0.15, -0.1) is 9.24 Å². The lowest BCUT2D eigenvalue weighted by atomic mass is 10.1. The molecule has 3 heterocycles. The van der Waals surface area contributed by atoms with Crippen molar-refractivity contribution in [1.29, 1.82) is 0 Å². The second kappa shape index (κ2) is 9.59. The van der Waals surface area contributed by atoms with Crippen molar-refractivity contribution in [2.45, 2.75) is 33.4 Å². The summed E-state index contributed by atoms with van der Waals surface area (Å²) >= 11 is 0. The third-order valence-electron chi connectivity index (χ3n) is 5.56. The van der Waals surface area contributed by atoms with E-state index in [1.807, 2.05) is 37.3 Å². The number of carbonyl (C=O) groups is 1. The molecule has 1 aromatic carbocycles. The first-order chi connectivity index (χ1) is 15.9. The van der Waals surface area contributed by atoms with E-state index in [4.69, 9.17) is 5.73 Å². The molecule has 6 nitrogen and oxygen atoms in total. The number of pyridine rings is 3. The van der Waals surface area contributed by atoms with Crippen LogP contribution in [0.4, 0.5) is 10.2 Å². The van der Waals surface area contributed by atoms with Crippen LogP contribution >= 0.6 is 9.24 Å². The second-order valence-electron chi connectivity index (χ2n) is 7.93. The minimum atomic E-state index is -0.644. The molecule has 168 valence electrons. The van der Waals surface area contributed by atoms with Crippen molar-refractivity contribution in [3.63, 3.8) is 0 Å². The Morgan fingerprint density at radius 3 is 2.67 bits per heavy atom. The first-order valence-corrected chi connectivity index (χ1v) is 11.2. The van der Waals surface area contributed by atoms with Gasteiger partial charge in [-0.25, -0.2) is 9.37 Å². The predicted octanol–water partition coefficient (Wildman–Crippen LogP) is 3.96. The third-order valence-corrected chi connectivity index (χ3v) is 6.09. The Hall–Kier alpha value is -3.44. The number of amides is 1. The van der Waals surface area contributed by atoms with Crippen molar-refractivity contribution >= 4 is 37.2 Å². The monoisotopic (exact) mass is 461 g/mol. The molecule has 0 saturated carbocycles. The molecular weight excluding hydrogens is 436 g/mol. The molecule has 0 fully saturated rings. The Morgan fingerprint density at radius 1 is 1.15 bits per heavy atom. The summed E-state index contributed by atoms with van der Waals surface area (Å²) in [6.45, 7) is 4.32. The van der Waals surface area contributed by atoms with Gasteiger partial charge in [0.25, 0.3) is 5.91 Å². The number of hydrogen-bond acceptors (Lipinski definition) is 5. The molecule has 4 rings (SSSR count). The number of hydrogen-bond donors (Lipinski definition) is 1. The average Bonchev–Trinajstić information content (AvgIpc) is 2.81. The van der Waals surface area contributed by atoms with Crippen LogP contribution in [0.5, 0.6) is 0 Å². The quantitative estimate of drug-likeness (QED) is 0.440. The van der Waals surface area contributed by atoms with E-state index in [0.29, 0.717) is 28.1 Å². The van der Waals surface area contributed by atoms with E-state index >= 15 is 4.39 Å². The number of aromatic nitrogens is 3. The number of nitrogen functional groups attached to an aromatic ring is 1. The van der Waals surface area contributed by atoms with Gasteiger partial charge in [0.1, 0.15) is 11.6 Å². The summed E-state index contributed by atoms with van der Waals surface area (Å²) in [6.07, 6.45) is 4.35. The molecule has 4 aromatic rings. The number of fused-ring (bicyclic) bond motifs is 1. The number of nitrogens with two attached hydrogens (primary N) is 1. The fourth-order valence-corrected chi connectivity index (χ4v) is 3.84. The molecule has 1 unspecified atom stereocenters. The van der Waals surface area contributed by atoms with Crippen molar-refractivity contribution in [2.24, 2.45) is 0 Å². The Morgan fingerprint density at radius 2 is 1.97 bits per heavy atom. The van der Waals surface area contributed by atoms with Crippen molar-refractivity contribution in [3.05, 3.63) is 88.8 Å². The summed E-state index contributed by atoms with van der Waals surface area (Å²) in [5.74, 6) is -0.748. The molecule has 0 saturated heterocycles. The highest BCUT2D eigenvalue weighted by atomic mass is 31.0. The predicted molar refractivity (Wildman–Crippen MR) is 132 cm³/mol. The van der Waals surface area contributed by atoms with E-state index in [0.717, 1.165) is 22.9 Å². The molecule has 0 bridgehead atoms. The maximum absolute atomic E-state index is 15.1. The molecule has 0 aliphatic carbocycles. The zero-order valence-electron chi connectivity index (χ0n) is 18.5. The number of rotatable bonds is 6. The zero-order chi connectivity index (χ0) is 23.5. The van der Waals surface area contributed by atoms with Crippen LogP contribution in [-0.2, 0) is 19.5 Å². The topological polar surface area (TPSA) is 85.0 Å². The molecule has 3 aromatic heterocycles. The maximum atomic E-state index is 15.1. The van der Waals surface area contributed by atoms with Gasteiger partial charge in [0, 0.05) is 23.8 Å². The minimum absolute atomic E-state index is 0.0279. The van der Waals surface area contributed by atoms with Gasteiger partial charge < -0.3 is 10.6 Å². The van der Waals surface area contributed by atoms with Crippen LogP contribution in [-0.4, -0.2) is 25.8 Å². The zero-order valence-corrected chi connectivity index (χ0v) is 19.7. The lowest BCUT2D eigenvalue weighted by Crippen LogP contribution is -2.32. The normalized spacial score (nSPS) is 11.0. The van der Waals surface area contributed by atoms with Crippen LogP contribution in [0, 0.1) is 12.7 Å². The lowest BCUT2D eigenvalue weighted by Gasteiger charge is -2.23. The molecule has 0 spiro atoms. The summed E-state index contributed by atoms with van der Waals surface area (Å²) in [5, 5.41) is 1.53. The van der Waals surface area contributed by atoms with Crippen LogP contribution in [0.1, 0.15) is 39.8 Å². The fraction of sp³-hybridized carbons (Fsp3) is 0.200. The van der Waals surface area contributed by atoms with Gasteiger partial charge in [-0.3, -0.25) is 14.8 Å². The van der Waals surface area contributed by atoms with Crippen LogP contribution in [0.3, 0.4) is 0 Å². The molecule has 8 heteroatoms. The summed E-state index contributed by atoms with van der Waals surface area (Å²) in [7, 11) is 2.63. The standard InChI is InChI=1S/C25H25FN5OP/c1-3-16-6-7-18(29-12-16)13-31(14-22-23(33)5-4-8-28-22)25(32)19-10-17-9-15(2)24(27)30-21(17)11-20(19)26/h4-12H,3,13-14,33H2,1-2H3,(H2,27,30). The molecule has 33 heavy (non-hydrogen) atoms. The second-order valence-corrected chi connectivity index (χ2v) is 8.55. The highest BCUT2D eigenvalue weighted by molar-refractivity contribution is 7.27. The smallest absolute Gasteiger partial charge is 0.257 e. The number of carbonyl (C=O) groups excluding carboxylic acids is 1. The van der Waals surface area contributed by atoms with E-state index in [9.17, 15) is 4.79 Å². The molecule has 1 amide bonds. The van der Waals surface area contributed by atoms with E-state index in [-0.39, 0.29) is 18.7 Å². The summed E-state index contributed by atoms with van der Waals surface area (Å²) in [4.78, 5) is 28.3. The van der Waals surface area contributed by atoms with Crippen molar-refractivity contribution < 1.29 is 9.18 Å².